The molecule has 1 saturated carbocycles. The highest BCUT2D eigenvalue weighted by molar-refractivity contribution is 6.30. The van der Waals surface area contributed by atoms with E-state index in [9.17, 15) is 9.59 Å². The van der Waals surface area contributed by atoms with Crippen LogP contribution in [0.1, 0.15) is 36.0 Å². The van der Waals surface area contributed by atoms with Crippen LogP contribution in [0.3, 0.4) is 0 Å². The van der Waals surface area contributed by atoms with E-state index in [1.165, 1.54) is 0 Å². The second-order valence-corrected chi connectivity index (χ2v) is 5.76. The molecule has 2 unspecified atom stereocenters. The fourth-order valence-corrected chi connectivity index (χ4v) is 3.39. The summed E-state index contributed by atoms with van der Waals surface area (Å²) in [6.07, 6.45) is 3.37. The summed E-state index contributed by atoms with van der Waals surface area (Å²) < 4.78 is 0. The molecule has 1 aliphatic heterocycles. The highest BCUT2D eigenvalue weighted by atomic mass is 35.5. The molecule has 2 atom stereocenters. The molecular weight excluding hydrogens is 262 g/mol. The molecule has 1 aliphatic carbocycles. The Bertz CT molecular complexity index is 511. The standard InChI is InChI=1S/C15H16ClNO2/c16-11-6-4-10(5-7-11)15(19)17-9-8-12-13(17)2-1-3-14(12)18/h4-7,12-13H,1-3,8-9H2. The highest BCUT2D eigenvalue weighted by Crippen LogP contribution is 2.34. The first kappa shape index (κ1) is 12.7. The molecule has 19 heavy (non-hydrogen) atoms. The number of fused-ring (bicyclic) bond motifs is 1. The molecular formula is C15H16ClNO2. The number of Topliss-reactive ketones (excluding diaryl/α,β-unsaturated/α-hetero) is 1. The van der Waals surface area contributed by atoms with E-state index in [0.717, 1.165) is 19.3 Å². The van der Waals surface area contributed by atoms with Crippen LogP contribution >= 0.6 is 11.6 Å². The molecule has 0 spiro atoms. The first-order valence-electron chi connectivity index (χ1n) is 6.76. The predicted octanol–water partition coefficient (Wildman–Crippen LogP) is 2.92. The van der Waals surface area contributed by atoms with Gasteiger partial charge in [0.15, 0.2) is 0 Å². The summed E-state index contributed by atoms with van der Waals surface area (Å²) in [7, 11) is 0. The number of hydrogen-bond acceptors (Lipinski definition) is 2. The minimum absolute atomic E-state index is 0.0267. The lowest BCUT2D eigenvalue weighted by Crippen LogP contribution is -2.41. The van der Waals surface area contributed by atoms with Gasteiger partial charge in [-0.1, -0.05) is 11.6 Å². The first-order valence-corrected chi connectivity index (χ1v) is 7.14. The Morgan fingerprint density at radius 2 is 1.95 bits per heavy atom. The van der Waals surface area contributed by atoms with Gasteiger partial charge in [0.05, 0.1) is 0 Å². The van der Waals surface area contributed by atoms with Gasteiger partial charge in [-0.25, -0.2) is 0 Å². The first-order chi connectivity index (χ1) is 9.16. The molecule has 0 bridgehead atoms. The molecule has 1 saturated heterocycles. The maximum atomic E-state index is 12.5. The molecule has 3 nitrogen and oxygen atoms in total. The molecule has 2 aliphatic rings. The molecule has 0 N–H and O–H groups in total. The Morgan fingerprint density at radius 3 is 2.68 bits per heavy atom. The van der Waals surface area contributed by atoms with Crippen molar-refractivity contribution in [2.24, 2.45) is 5.92 Å². The molecule has 1 aromatic carbocycles. The van der Waals surface area contributed by atoms with Gasteiger partial charge >= 0.3 is 0 Å². The number of rotatable bonds is 1. The lowest BCUT2D eigenvalue weighted by molar-refractivity contribution is -0.125. The van der Waals surface area contributed by atoms with Crippen molar-refractivity contribution in [1.29, 1.82) is 0 Å². The Labute approximate surface area is 117 Å². The number of hydrogen-bond donors (Lipinski definition) is 0. The van der Waals surface area contributed by atoms with Crippen molar-refractivity contribution >= 4 is 23.3 Å². The van der Waals surface area contributed by atoms with E-state index in [1.54, 1.807) is 24.3 Å². The second-order valence-electron chi connectivity index (χ2n) is 5.33. The number of amides is 1. The number of halogens is 1. The van der Waals surface area contributed by atoms with Crippen LogP contribution in [0.25, 0.3) is 0 Å². The monoisotopic (exact) mass is 277 g/mol. The summed E-state index contributed by atoms with van der Waals surface area (Å²) in [6.45, 7) is 0.697. The van der Waals surface area contributed by atoms with Crippen LogP contribution in [0.4, 0.5) is 0 Å². The maximum Gasteiger partial charge on any atom is 0.254 e. The summed E-state index contributed by atoms with van der Waals surface area (Å²) in [4.78, 5) is 26.2. The summed E-state index contributed by atoms with van der Waals surface area (Å²) >= 11 is 5.84. The van der Waals surface area contributed by atoms with Gasteiger partial charge in [0.1, 0.15) is 5.78 Å². The fourth-order valence-electron chi connectivity index (χ4n) is 3.27. The van der Waals surface area contributed by atoms with Gasteiger partial charge in [-0.05, 0) is 43.5 Å². The van der Waals surface area contributed by atoms with Crippen molar-refractivity contribution < 1.29 is 9.59 Å². The number of nitrogens with zero attached hydrogens (tertiary/aromatic N) is 1. The zero-order chi connectivity index (χ0) is 13.4. The van der Waals surface area contributed by atoms with Crippen LogP contribution in [0.2, 0.25) is 5.02 Å². The lowest BCUT2D eigenvalue weighted by Gasteiger charge is -2.30. The van der Waals surface area contributed by atoms with Gasteiger partial charge in [0, 0.05) is 35.5 Å². The van der Waals surface area contributed by atoms with E-state index >= 15 is 0 Å². The van der Waals surface area contributed by atoms with Crippen LogP contribution in [0.5, 0.6) is 0 Å². The number of ketones is 1. The molecule has 0 aromatic heterocycles. The topological polar surface area (TPSA) is 37.4 Å². The molecule has 1 amide bonds. The lowest BCUT2D eigenvalue weighted by atomic mass is 9.84. The quantitative estimate of drug-likeness (QED) is 0.791. The average Bonchev–Trinajstić information content (AvgIpc) is 2.84. The fraction of sp³-hybridized carbons (Fsp3) is 0.467. The van der Waals surface area contributed by atoms with E-state index in [4.69, 9.17) is 11.6 Å². The molecule has 0 radical (unpaired) electrons. The van der Waals surface area contributed by atoms with E-state index in [1.807, 2.05) is 4.90 Å². The third-order valence-electron chi connectivity index (χ3n) is 4.23. The molecule has 4 heteroatoms. The number of likely N-dealkylation sites (tertiary alicyclic amines) is 1. The van der Waals surface area contributed by atoms with Crippen molar-refractivity contribution in [2.45, 2.75) is 31.7 Å². The zero-order valence-electron chi connectivity index (χ0n) is 10.6. The largest absolute Gasteiger partial charge is 0.335 e. The van der Waals surface area contributed by atoms with Crippen LogP contribution in [-0.4, -0.2) is 29.2 Å². The summed E-state index contributed by atoms with van der Waals surface area (Å²) in [5.74, 6) is 0.437. The minimum Gasteiger partial charge on any atom is -0.335 e. The van der Waals surface area contributed by atoms with Gasteiger partial charge < -0.3 is 4.90 Å². The highest BCUT2D eigenvalue weighted by Gasteiger charge is 2.42. The van der Waals surface area contributed by atoms with Crippen LogP contribution in [0, 0.1) is 5.92 Å². The van der Waals surface area contributed by atoms with Gasteiger partial charge in [-0.2, -0.15) is 0 Å². The van der Waals surface area contributed by atoms with Gasteiger partial charge in [0.25, 0.3) is 5.91 Å². The average molecular weight is 278 g/mol. The van der Waals surface area contributed by atoms with E-state index in [-0.39, 0.29) is 17.9 Å². The SMILES string of the molecule is O=C1CCCC2C1CCN2C(=O)c1ccc(Cl)cc1. The Hall–Kier alpha value is -1.35. The Morgan fingerprint density at radius 1 is 1.21 bits per heavy atom. The zero-order valence-corrected chi connectivity index (χ0v) is 11.4. The molecule has 1 heterocycles. The molecule has 2 fully saturated rings. The van der Waals surface area contributed by atoms with Gasteiger partial charge in [-0.15, -0.1) is 0 Å². The van der Waals surface area contributed by atoms with Crippen molar-refractivity contribution in [3.63, 3.8) is 0 Å². The summed E-state index contributed by atoms with van der Waals surface area (Å²) in [5.41, 5.74) is 0.656. The Kier molecular flexibility index (Phi) is 3.31. The molecule has 1 aromatic rings. The van der Waals surface area contributed by atoms with Crippen molar-refractivity contribution in [1.82, 2.24) is 4.90 Å². The normalized spacial score (nSPS) is 26.4. The smallest absolute Gasteiger partial charge is 0.254 e. The van der Waals surface area contributed by atoms with Crippen molar-refractivity contribution in [3.05, 3.63) is 34.9 Å². The van der Waals surface area contributed by atoms with Crippen LogP contribution in [-0.2, 0) is 4.79 Å². The number of carbonyl (C=O) groups excluding carboxylic acids is 2. The minimum atomic E-state index is 0.0267. The Balaban J connectivity index is 1.81. The van der Waals surface area contributed by atoms with Gasteiger partial charge in [0.2, 0.25) is 0 Å². The van der Waals surface area contributed by atoms with Crippen molar-refractivity contribution in [3.8, 4) is 0 Å². The van der Waals surface area contributed by atoms with E-state index in [0.29, 0.717) is 29.3 Å². The molecule has 100 valence electrons. The predicted molar refractivity (Wildman–Crippen MR) is 73.2 cm³/mol. The maximum absolute atomic E-state index is 12.5. The third kappa shape index (κ3) is 2.27. The number of carbonyl (C=O) groups is 2. The molecule has 3 rings (SSSR count). The summed E-state index contributed by atoms with van der Waals surface area (Å²) in [5, 5.41) is 0.628. The number of benzene rings is 1. The van der Waals surface area contributed by atoms with E-state index in [2.05, 4.69) is 0 Å². The van der Waals surface area contributed by atoms with Crippen molar-refractivity contribution in [2.75, 3.05) is 6.54 Å². The van der Waals surface area contributed by atoms with Crippen LogP contribution < -0.4 is 0 Å². The third-order valence-corrected chi connectivity index (χ3v) is 4.49. The van der Waals surface area contributed by atoms with Crippen LogP contribution in [0.15, 0.2) is 24.3 Å². The van der Waals surface area contributed by atoms with Gasteiger partial charge in [-0.3, -0.25) is 9.59 Å². The van der Waals surface area contributed by atoms with E-state index < -0.39 is 0 Å². The summed E-state index contributed by atoms with van der Waals surface area (Å²) in [6, 6.07) is 7.08. The second kappa shape index (κ2) is 4.97.